The molecule has 1 saturated heterocycles. The lowest BCUT2D eigenvalue weighted by molar-refractivity contribution is -0.275. The average molecular weight is 436 g/mol. The van der Waals surface area contributed by atoms with Crippen LogP contribution in [0, 0.1) is 0 Å². The first-order chi connectivity index (χ1) is 14.2. The predicted molar refractivity (Wildman–Crippen MR) is 100 cm³/mol. The lowest BCUT2D eigenvalue weighted by Crippen LogP contribution is -2.65. The van der Waals surface area contributed by atoms with Crippen molar-refractivity contribution in [3.63, 3.8) is 0 Å². The van der Waals surface area contributed by atoms with Crippen LogP contribution in [0.25, 0.3) is 0 Å². The molecular formula is C17H32N4O9. The van der Waals surface area contributed by atoms with Crippen molar-refractivity contribution in [2.45, 2.75) is 79.9 Å². The zero-order valence-electron chi connectivity index (χ0n) is 16.3. The van der Waals surface area contributed by atoms with Crippen LogP contribution in [0.3, 0.4) is 0 Å². The van der Waals surface area contributed by atoms with Crippen molar-refractivity contribution in [2.24, 2.45) is 22.9 Å². The monoisotopic (exact) mass is 436 g/mol. The van der Waals surface area contributed by atoms with Crippen molar-refractivity contribution < 1.29 is 44.5 Å². The molecule has 11 unspecified atom stereocenters. The van der Waals surface area contributed by atoms with E-state index < -0.39 is 80.0 Å². The Hall–Kier alpha value is -0.940. The van der Waals surface area contributed by atoms with Crippen molar-refractivity contribution in [1.82, 2.24) is 0 Å². The lowest BCUT2D eigenvalue weighted by atomic mass is 9.84. The maximum atomic E-state index is 10.6. The number of hydrogen-bond donors (Lipinski definition) is 9. The number of rotatable bonds is 6. The van der Waals surface area contributed by atoms with Crippen molar-refractivity contribution >= 4 is 0 Å². The van der Waals surface area contributed by atoms with E-state index in [1.54, 1.807) is 0 Å². The molecule has 174 valence electrons. The summed E-state index contributed by atoms with van der Waals surface area (Å²) >= 11 is 0. The van der Waals surface area contributed by atoms with Crippen LogP contribution >= 0.6 is 0 Å². The van der Waals surface area contributed by atoms with Crippen LogP contribution in [-0.2, 0) is 18.9 Å². The molecular weight excluding hydrogens is 404 g/mol. The minimum Gasteiger partial charge on any atom is -0.465 e. The van der Waals surface area contributed by atoms with Crippen LogP contribution in [-0.4, -0.2) is 112 Å². The molecule has 13 nitrogen and oxygen atoms in total. The van der Waals surface area contributed by atoms with Crippen molar-refractivity contribution in [2.75, 3.05) is 13.2 Å². The van der Waals surface area contributed by atoms with Gasteiger partial charge >= 0.3 is 0 Å². The summed E-state index contributed by atoms with van der Waals surface area (Å²) in [5, 5.41) is 50.2. The zero-order chi connectivity index (χ0) is 22.2. The molecule has 2 fully saturated rings. The SMILES string of the molecule is NCC1OC(OC2C(O)C(N)CC(N)C2OC2OC(CO)=C[C@@H](O)C2N)C(O)C1O. The smallest absolute Gasteiger partial charge is 0.218 e. The summed E-state index contributed by atoms with van der Waals surface area (Å²) in [4.78, 5) is 0. The second kappa shape index (κ2) is 9.68. The summed E-state index contributed by atoms with van der Waals surface area (Å²) in [6.07, 6.45) is -9.20. The van der Waals surface area contributed by atoms with E-state index in [0.29, 0.717) is 0 Å². The fraction of sp³-hybridized carbons (Fsp3) is 0.882. The number of aliphatic hydroxyl groups excluding tert-OH is 5. The molecule has 0 aromatic carbocycles. The molecule has 0 aromatic rings. The third-order valence-corrected chi connectivity index (χ3v) is 5.69. The Labute approximate surface area is 173 Å². The lowest BCUT2D eigenvalue weighted by Gasteiger charge is -2.45. The Kier molecular flexibility index (Phi) is 7.66. The van der Waals surface area contributed by atoms with Crippen LogP contribution < -0.4 is 22.9 Å². The highest BCUT2D eigenvalue weighted by atomic mass is 16.7. The molecule has 0 spiro atoms. The van der Waals surface area contributed by atoms with Gasteiger partial charge in [-0.05, 0) is 12.5 Å². The van der Waals surface area contributed by atoms with Gasteiger partial charge in [-0.1, -0.05) is 0 Å². The maximum Gasteiger partial charge on any atom is 0.218 e. The third kappa shape index (κ3) is 4.62. The second-order valence-corrected chi connectivity index (χ2v) is 7.86. The summed E-state index contributed by atoms with van der Waals surface area (Å²) in [5.41, 5.74) is 23.6. The van der Waals surface area contributed by atoms with Crippen LogP contribution in [0.1, 0.15) is 6.42 Å². The standard InChI is InChI=1S/C17H32N4O9/c18-3-9-12(25)13(26)17(28-9)30-15-11(24)6(19)2-7(20)14(15)29-16-10(21)8(23)1-5(4-22)27-16/h1,6-17,22-26H,2-4,18-21H2/t6?,7?,8-,9?,10?,11?,12?,13?,14?,15?,16?,17?/m1/s1. The highest BCUT2D eigenvalue weighted by molar-refractivity contribution is 5.07. The Morgan fingerprint density at radius 1 is 0.933 bits per heavy atom. The topological polar surface area (TPSA) is 242 Å². The molecule has 13 heteroatoms. The average Bonchev–Trinajstić information content (AvgIpc) is 2.99. The number of hydrogen-bond acceptors (Lipinski definition) is 13. The minimum absolute atomic E-state index is 0.0524. The number of ether oxygens (including phenoxy) is 4. The van der Waals surface area contributed by atoms with E-state index in [4.69, 9.17) is 41.9 Å². The van der Waals surface area contributed by atoms with Crippen LogP contribution in [0.15, 0.2) is 11.8 Å². The molecule has 3 aliphatic rings. The molecule has 0 bridgehead atoms. The molecule has 2 aliphatic heterocycles. The third-order valence-electron chi connectivity index (χ3n) is 5.69. The Morgan fingerprint density at radius 2 is 1.60 bits per heavy atom. The quantitative estimate of drug-likeness (QED) is 0.189. The minimum atomic E-state index is -1.42. The van der Waals surface area contributed by atoms with Gasteiger partial charge < -0.3 is 67.4 Å². The fourth-order valence-electron chi connectivity index (χ4n) is 3.88. The van der Waals surface area contributed by atoms with Crippen LogP contribution in [0.5, 0.6) is 0 Å². The Morgan fingerprint density at radius 3 is 2.20 bits per heavy atom. The molecule has 13 N–H and O–H groups in total. The van der Waals surface area contributed by atoms with Gasteiger partial charge in [0, 0.05) is 18.6 Å². The first kappa shape index (κ1) is 23.7. The van der Waals surface area contributed by atoms with Gasteiger partial charge in [0.15, 0.2) is 6.29 Å². The van der Waals surface area contributed by atoms with E-state index in [0.717, 1.165) is 0 Å². The Bertz CT molecular complexity index is 614. The first-order valence-electron chi connectivity index (χ1n) is 9.81. The van der Waals surface area contributed by atoms with Gasteiger partial charge in [-0.3, -0.25) is 0 Å². The molecule has 0 aromatic heterocycles. The summed E-state index contributed by atoms with van der Waals surface area (Å²) in [5.74, 6) is 0.0664. The zero-order valence-corrected chi connectivity index (χ0v) is 16.3. The van der Waals surface area contributed by atoms with Gasteiger partial charge in [0.2, 0.25) is 6.29 Å². The highest BCUT2D eigenvalue weighted by Crippen LogP contribution is 2.31. The summed E-state index contributed by atoms with van der Waals surface area (Å²) in [7, 11) is 0. The van der Waals surface area contributed by atoms with E-state index in [2.05, 4.69) is 0 Å². The second-order valence-electron chi connectivity index (χ2n) is 7.86. The Balaban J connectivity index is 1.77. The molecule has 1 aliphatic carbocycles. The van der Waals surface area contributed by atoms with Crippen molar-refractivity contribution in [3.8, 4) is 0 Å². The number of nitrogens with two attached hydrogens (primary N) is 4. The van der Waals surface area contributed by atoms with Gasteiger partial charge in [-0.2, -0.15) is 0 Å². The molecule has 12 atom stereocenters. The predicted octanol–water partition coefficient (Wildman–Crippen LogP) is -5.50. The first-order valence-corrected chi connectivity index (χ1v) is 9.81. The van der Waals surface area contributed by atoms with E-state index in [1.807, 2.05) is 0 Å². The largest absolute Gasteiger partial charge is 0.465 e. The molecule has 3 rings (SSSR count). The number of aliphatic hydroxyl groups is 5. The highest BCUT2D eigenvalue weighted by Gasteiger charge is 2.50. The van der Waals surface area contributed by atoms with Gasteiger partial charge in [0.05, 0.1) is 18.2 Å². The molecule has 1 saturated carbocycles. The fourth-order valence-corrected chi connectivity index (χ4v) is 3.88. The van der Waals surface area contributed by atoms with Gasteiger partial charge in [0.25, 0.3) is 0 Å². The van der Waals surface area contributed by atoms with Crippen molar-refractivity contribution in [1.29, 1.82) is 0 Å². The summed E-state index contributed by atoms with van der Waals surface area (Å²) < 4.78 is 22.5. The molecule has 2 heterocycles. The summed E-state index contributed by atoms with van der Waals surface area (Å²) in [6.45, 7) is -0.530. The van der Waals surface area contributed by atoms with Gasteiger partial charge in [-0.15, -0.1) is 0 Å². The van der Waals surface area contributed by atoms with E-state index >= 15 is 0 Å². The summed E-state index contributed by atoms with van der Waals surface area (Å²) in [6, 6.07) is -2.48. The van der Waals surface area contributed by atoms with E-state index in [1.165, 1.54) is 6.08 Å². The van der Waals surface area contributed by atoms with E-state index in [9.17, 15) is 25.5 Å². The molecule has 0 radical (unpaired) electrons. The van der Waals surface area contributed by atoms with Gasteiger partial charge in [-0.25, -0.2) is 0 Å². The van der Waals surface area contributed by atoms with Crippen LogP contribution in [0.4, 0.5) is 0 Å². The van der Waals surface area contributed by atoms with Gasteiger partial charge in [0.1, 0.15) is 42.9 Å². The van der Waals surface area contributed by atoms with Crippen LogP contribution in [0.2, 0.25) is 0 Å². The normalized spacial score (nSPS) is 49.6. The molecule has 0 amide bonds. The maximum absolute atomic E-state index is 10.6. The van der Waals surface area contributed by atoms with Crippen molar-refractivity contribution in [3.05, 3.63) is 11.8 Å². The van der Waals surface area contributed by atoms with E-state index in [-0.39, 0.29) is 18.7 Å². The molecule has 30 heavy (non-hydrogen) atoms.